The number of aliphatic hydroxyl groups is 1. The van der Waals surface area contributed by atoms with Crippen LogP contribution in [-0.4, -0.2) is 16.9 Å². The fourth-order valence-electron chi connectivity index (χ4n) is 2.26. The van der Waals surface area contributed by atoms with E-state index in [9.17, 15) is 9.59 Å². The lowest BCUT2D eigenvalue weighted by molar-refractivity contribution is -0.131. The van der Waals surface area contributed by atoms with Crippen molar-refractivity contribution in [2.24, 2.45) is 23.5 Å². The first-order chi connectivity index (χ1) is 9.36. The molecule has 1 aromatic carbocycles. The summed E-state index contributed by atoms with van der Waals surface area (Å²) in [6, 6.07) is 6.89. The van der Waals surface area contributed by atoms with Gasteiger partial charge in [0.2, 0.25) is 11.8 Å². The Labute approximate surface area is 119 Å². The third-order valence-corrected chi connectivity index (χ3v) is 3.40. The summed E-state index contributed by atoms with van der Waals surface area (Å²) < 4.78 is 0. The molecule has 0 bridgehead atoms. The first kappa shape index (κ1) is 16.2. The number of amides is 2. The second kappa shape index (κ2) is 7.05. The van der Waals surface area contributed by atoms with Gasteiger partial charge in [0.15, 0.2) is 0 Å². The lowest BCUT2D eigenvalue weighted by Crippen LogP contribution is -2.38. The minimum Gasteiger partial charge on any atom is -0.392 e. The quantitative estimate of drug-likeness (QED) is 0.736. The Balaban J connectivity index is 2.75. The van der Waals surface area contributed by atoms with Crippen molar-refractivity contribution in [1.29, 1.82) is 0 Å². The Bertz CT molecular complexity index is 469. The van der Waals surface area contributed by atoms with Gasteiger partial charge in [0.1, 0.15) is 0 Å². The summed E-state index contributed by atoms with van der Waals surface area (Å²) >= 11 is 0. The number of rotatable bonds is 6. The maximum Gasteiger partial charge on any atom is 0.228 e. The van der Waals surface area contributed by atoms with Gasteiger partial charge in [-0.1, -0.05) is 32.9 Å². The summed E-state index contributed by atoms with van der Waals surface area (Å²) in [4.78, 5) is 23.6. The molecule has 0 aliphatic rings. The zero-order valence-corrected chi connectivity index (χ0v) is 12.1. The zero-order chi connectivity index (χ0) is 15.3. The summed E-state index contributed by atoms with van der Waals surface area (Å²) in [5.41, 5.74) is 6.76. The van der Waals surface area contributed by atoms with Gasteiger partial charge in [-0.05, 0) is 23.6 Å². The number of benzene rings is 1. The van der Waals surface area contributed by atoms with Crippen molar-refractivity contribution in [3.63, 3.8) is 0 Å². The van der Waals surface area contributed by atoms with Crippen LogP contribution in [0.1, 0.15) is 26.3 Å². The normalized spacial score (nSPS) is 13.8. The molecule has 110 valence electrons. The van der Waals surface area contributed by atoms with E-state index in [2.05, 4.69) is 5.32 Å². The van der Waals surface area contributed by atoms with Crippen molar-refractivity contribution in [2.45, 2.75) is 27.4 Å². The molecule has 0 saturated carbocycles. The topological polar surface area (TPSA) is 92.4 Å². The molecule has 0 aliphatic heterocycles. The van der Waals surface area contributed by atoms with Crippen LogP contribution in [0.5, 0.6) is 0 Å². The first-order valence-electron chi connectivity index (χ1n) is 6.66. The van der Waals surface area contributed by atoms with Gasteiger partial charge in [0.05, 0.1) is 12.5 Å². The molecule has 0 aromatic heterocycles. The number of anilines is 1. The SMILES string of the molecule is CC(C)C(C(N)=O)[C@H](C)C(=O)Nc1ccc(CO)cc1. The molecule has 4 N–H and O–H groups in total. The fraction of sp³-hybridized carbons (Fsp3) is 0.467. The van der Waals surface area contributed by atoms with Gasteiger partial charge in [-0.25, -0.2) is 0 Å². The van der Waals surface area contributed by atoms with Crippen LogP contribution in [0.3, 0.4) is 0 Å². The van der Waals surface area contributed by atoms with Gasteiger partial charge in [-0.15, -0.1) is 0 Å². The molecule has 0 radical (unpaired) electrons. The Hall–Kier alpha value is -1.88. The van der Waals surface area contributed by atoms with Crippen LogP contribution in [0, 0.1) is 17.8 Å². The van der Waals surface area contributed by atoms with E-state index >= 15 is 0 Å². The average molecular weight is 278 g/mol. The minimum atomic E-state index is -0.495. The number of aliphatic hydroxyl groups excluding tert-OH is 1. The van der Waals surface area contributed by atoms with Crippen LogP contribution in [0.15, 0.2) is 24.3 Å². The predicted octanol–water partition coefficient (Wildman–Crippen LogP) is 1.51. The van der Waals surface area contributed by atoms with Crippen molar-refractivity contribution in [1.82, 2.24) is 0 Å². The third-order valence-electron chi connectivity index (χ3n) is 3.40. The third kappa shape index (κ3) is 4.06. The van der Waals surface area contributed by atoms with Crippen molar-refractivity contribution in [3.05, 3.63) is 29.8 Å². The first-order valence-corrected chi connectivity index (χ1v) is 6.66. The van der Waals surface area contributed by atoms with E-state index < -0.39 is 17.7 Å². The molecule has 1 unspecified atom stereocenters. The van der Waals surface area contributed by atoms with Gasteiger partial charge in [-0.3, -0.25) is 9.59 Å². The number of hydrogen-bond acceptors (Lipinski definition) is 3. The van der Waals surface area contributed by atoms with E-state index in [1.54, 1.807) is 31.2 Å². The Morgan fingerprint density at radius 1 is 1.20 bits per heavy atom. The molecular formula is C15H22N2O3. The van der Waals surface area contributed by atoms with Crippen LogP contribution < -0.4 is 11.1 Å². The average Bonchev–Trinajstić information content (AvgIpc) is 2.38. The van der Waals surface area contributed by atoms with E-state index in [-0.39, 0.29) is 18.4 Å². The zero-order valence-electron chi connectivity index (χ0n) is 12.1. The van der Waals surface area contributed by atoms with Gasteiger partial charge in [-0.2, -0.15) is 0 Å². The molecule has 2 atom stereocenters. The van der Waals surface area contributed by atoms with Crippen LogP contribution in [0.4, 0.5) is 5.69 Å². The van der Waals surface area contributed by atoms with Crippen molar-refractivity contribution in [3.8, 4) is 0 Å². The van der Waals surface area contributed by atoms with E-state index in [0.717, 1.165) is 5.56 Å². The van der Waals surface area contributed by atoms with Crippen LogP contribution in [0.2, 0.25) is 0 Å². The number of hydrogen-bond donors (Lipinski definition) is 3. The molecule has 2 amide bonds. The number of nitrogens with one attached hydrogen (secondary N) is 1. The lowest BCUT2D eigenvalue weighted by Gasteiger charge is -2.23. The molecule has 1 rings (SSSR count). The van der Waals surface area contributed by atoms with Gasteiger partial charge in [0, 0.05) is 11.6 Å². The number of primary amides is 1. The molecule has 1 aromatic rings. The lowest BCUT2D eigenvalue weighted by atomic mass is 9.83. The highest BCUT2D eigenvalue weighted by Gasteiger charge is 2.31. The summed E-state index contributed by atoms with van der Waals surface area (Å²) in [5.74, 6) is -1.68. The van der Waals surface area contributed by atoms with Gasteiger partial charge in [0.25, 0.3) is 0 Å². The number of carbonyl (C=O) groups is 2. The molecule has 5 heteroatoms. The molecule has 5 nitrogen and oxygen atoms in total. The minimum absolute atomic E-state index is 0.00464. The Morgan fingerprint density at radius 3 is 2.15 bits per heavy atom. The molecule has 0 fully saturated rings. The largest absolute Gasteiger partial charge is 0.392 e. The van der Waals surface area contributed by atoms with Crippen molar-refractivity contribution < 1.29 is 14.7 Å². The standard InChI is InChI=1S/C15H22N2O3/c1-9(2)13(14(16)19)10(3)15(20)17-12-6-4-11(8-18)5-7-12/h4-7,9-10,13,18H,8H2,1-3H3,(H2,16,19)(H,17,20)/t10-,13?/m0/s1. The molecule has 20 heavy (non-hydrogen) atoms. The van der Waals surface area contributed by atoms with E-state index in [0.29, 0.717) is 5.69 Å². The van der Waals surface area contributed by atoms with Crippen LogP contribution in [0.25, 0.3) is 0 Å². The highest BCUT2D eigenvalue weighted by molar-refractivity contribution is 5.95. The molecular weight excluding hydrogens is 256 g/mol. The van der Waals surface area contributed by atoms with Crippen molar-refractivity contribution >= 4 is 17.5 Å². The maximum absolute atomic E-state index is 12.1. The second-order valence-corrected chi connectivity index (χ2v) is 5.31. The van der Waals surface area contributed by atoms with E-state index in [1.165, 1.54) is 0 Å². The summed E-state index contributed by atoms with van der Waals surface area (Å²) in [6.45, 7) is 5.40. The number of carbonyl (C=O) groups excluding carboxylic acids is 2. The van der Waals surface area contributed by atoms with Gasteiger partial charge < -0.3 is 16.2 Å². The smallest absolute Gasteiger partial charge is 0.228 e. The highest BCUT2D eigenvalue weighted by atomic mass is 16.3. The van der Waals surface area contributed by atoms with Gasteiger partial charge >= 0.3 is 0 Å². The highest BCUT2D eigenvalue weighted by Crippen LogP contribution is 2.22. The Morgan fingerprint density at radius 2 is 1.75 bits per heavy atom. The van der Waals surface area contributed by atoms with E-state index in [4.69, 9.17) is 10.8 Å². The summed E-state index contributed by atoms with van der Waals surface area (Å²) in [7, 11) is 0. The summed E-state index contributed by atoms with van der Waals surface area (Å²) in [6.07, 6.45) is 0. The fourth-order valence-corrected chi connectivity index (χ4v) is 2.26. The summed E-state index contributed by atoms with van der Waals surface area (Å²) in [5, 5.41) is 11.7. The van der Waals surface area contributed by atoms with Crippen LogP contribution in [-0.2, 0) is 16.2 Å². The monoisotopic (exact) mass is 278 g/mol. The molecule has 0 spiro atoms. The second-order valence-electron chi connectivity index (χ2n) is 5.31. The Kier molecular flexibility index (Phi) is 5.70. The number of nitrogens with two attached hydrogens (primary N) is 1. The van der Waals surface area contributed by atoms with Crippen LogP contribution >= 0.6 is 0 Å². The predicted molar refractivity (Wildman–Crippen MR) is 77.7 cm³/mol. The maximum atomic E-state index is 12.1. The van der Waals surface area contributed by atoms with E-state index in [1.807, 2.05) is 13.8 Å². The molecule has 0 heterocycles. The van der Waals surface area contributed by atoms with Crippen molar-refractivity contribution in [2.75, 3.05) is 5.32 Å². The molecule has 0 aliphatic carbocycles. The molecule has 0 saturated heterocycles.